The highest BCUT2D eigenvalue weighted by molar-refractivity contribution is 14.1. The molecule has 2 aromatic rings. The van der Waals surface area contributed by atoms with Crippen molar-refractivity contribution >= 4 is 46.0 Å². The van der Waals surface area contributed by atoms with Crippen LogP contribution in [0.2, 0.25) is 0 Å². The molecule has 1 aliphatic rings. The van der Waals surface area contributed by atoms with Crippen LogP contribution in [0.25, 0.3) is 0 Å². The molecule has 0 fully saturated rings. The second kappa shape index (κ2) is 6.11. The zero-order valence-corrected chi connectivity index (χ0v) is 14.4. The first-order valence-corrected chi connectivity index (χ1v) is 8.10. The minimum Gasteiger partial charge on any atom is -0.324 e. The largest absolute Gasteiger partial charge is 0.324 e. The maximum absolute atomic E-state index is 12.4. The van der Waals surface area contributed by atoms with E-state index in [4.69, 9.17) is 0 Å². The van der Waals surface area contributed by atoms with E-state index in [-0.39, 0.29) is 0 Å². The Kier molecular flexibility index (Phi) is 4.16. The van der Waals surface area contributed by atoms with Crippen molar-refractivity contribution in [2.75, 3.05) is 5.32 Å². The van der Waals surface area contributed by atoms with Gasteiger partial charge in [0.1, 0.15) is 6.04 Å². The average Bonchev–Trinajstić information content (AvgIpc) is 2.79. The number of anilines is 1. The van der Waals surface area contributed by atoms with Gasteiger partial charge in [-0.05, 0) is 59.8 Å². The third-order valence-corrected chi connectivity index (χ3v) is 4.36. The Balaban J connectivity index is 1.81. The Labute approximate surface area is 146 Å². The second-order valence-corrected chi connectivity index (χ2v) is 6.45. The van der Waals surface area contributed by atoms with Gasteiger partial charge in [0.25, 0.3) is 11.8 Å². The molecule has 1 heterocycles. The first-order valence-electron chi connectivity index (χ1n) is 7.02. The molecular weight excluding hydrogens is 407 g/mol. The molecule has 0 aliphatic carbocycles. The molecule has 1 N–H and O–H groups in total. The van der Waals surface area contributed by atoms with E-state index >= 15 is 0 Å². The smallest absolute Gasteiger partial charge is 0.262 e. The van der Waals surface area contributed by atoms with Crippen molar-refractivity contribution in [2.24, 2.45) is 0 Å². The van der Waals surface area contributed by atoms with Crippen LogP contribution in [0.3, 0.4) is 0 Å². The SMILES string of the molecule is CC(C(=O)Nc1cccc(I)c1)N1C(=O)c2ccccc2C1=O. The van der Waals surface area contributed by atoms with Gasteiger partial charge in [-0.15, -0.1) is 0 Å². The fourth-order valence-electron chi connectivity index (χ4n) is 2.49. The fourth-order valence-corrected chi connectivity index (χ4v) is 3.03. The van der Waals surface area contributed by atoms with Gasteiger partial charge in [0.05, 0.1) is 11.1 Å². The summed E-state index contributed by atoms with van der Waals surface area (Å²) in [6.07, 6.45) is 0. The molecule has 0 saturated carbocycles. The Hall–Kier alpha value is -2.22. The van der Waals surface area contributed by atoms with Gasteiger partial charge in [-0.1, -0.05) is 18.2 Å². The number of hydrogen-bond donors (Lipinski definition) is 1. The zero-order chi connectivity index (χ0) is 16.6. The lowest BCUT2D eigenvalue weighted by atomic mass is 10.1. The molecule has 0 aromatic heterocycles. The molecule has 1 unspecified atom stereocenters. The third kappa shape index (κ3) is 2.86. The first-order chi connectivity index (χ1) is 11.0. The van der Waals surface area contributed by atoms with E-state index in [1.165, 1.54) is 0 Å². The molecular formula is C17H13IN2O3. The summed E-state index contributed by atoms with van der Waals surface area (Å²) < 4.78 is 0.980. The molecule has 3 amide bonds. The van der Waals surface area contributed by atoms with Crippen molar-refractivity contribution in [3.8, 4) is 0 Å². The van der Waals surface area contributed by atoms with Crippen molar-refractivity contribution < 1.29 is 14.4 Å². The van der Waals surface area contributed by atoms with E-state index in [0.717, 1.165) is 8.47 Å². The van der Waals surface area contributed by atoms with Crippen LogP contribution in [0, 0.1) is 3.57 Å². The summed E-state index contributed by atoms with van der Waals surface area (Å²) in [5, 5.41) is 2.74. The second-order valence-electron chi connectivity index (χ2n) is 5.20. The van der Waals surface area contributed by atoms with Crippen LogP contribution in [0.4, 0.5) is 5.69 Å². The number of nitrogens with one attached hydrogen (secondary N) is 1. The van der Waals surface area contributed by atoms with E-state index in [1.807, 2.05) is 18.2 Å². The van der Waals surface area contributed by atoms with E-state index in [9.17, 15) is 14.4 Å². The fraction of sp³-hybridized carbons (Fsp3) is 0.118. The van der Waals surface area contributed by atoms with E-state index < -0.39 is 23.8 Å². The molecule has 0 radical (unpaired) electrons. The standard InChI is InChI=1S/C17H13IN2O3/c1-10(15(21)19-12-6-4-5-11(18)9-12)20-16(22)13-7-2-3-8-14(13)17(20)23/h2-10H,1H3,(H,19,21). The van der Waals surface area contributed by atoms with Crippen LogP contribution in [-0.2, 0) is 4.79 Å². The van der Waals surface area contributed by atoms with Crippen LogP contribution < -0.4 is 5.32 Å². The number of imide groups is 1. The molecule has 23 heavy (non-hydrogen) atoms. The van der Waals surface area contributed by atoms with Gasteiger partial charge in [0.2, 0.25) is 5.91 Å². The summed E-state index contributed by atoms with van der Waals surface area (Å²) in [6, 6.07) is 13.0. The van der Waals surface area contributed by atoms with Gasteiger partial charge in [0.15, 0.2) is 0 Å². The number of amides is 3. The van der Waals surface area contributed by atoms with E-state index in [0.29, 0.717) is 16.8 Å². The van der Waals surface area contributed by atoms with Crippen molar-refractivity contribution in [1.82, 2.24) is 4.90 Å². The van der Waals surface area contributed by atoms with Crippen LogP contribution in [0.1, 0.15) is 27.6 Å². The van der Waals surface area contributed by atoms with Crippen LogP contribution >= 0.6 is 22.6 Å². The number of nitrogens with zero attached hydrogens (tertiary/aromatic N) is 1. The van der Waals surface area contributed by atoms with Crippen molar-refractivity contribution in [3.05, 3.63) is 63.2 Å². The molecule has 0 spiro atoms. The molecule has 116 valence electrons. The summed E-state index contributed by atoms with van der Waals surface area (Å²) in [7, 11) is 0. The maximum atomic E-state index is 12.4. The van der Waals surface area contributed by atoms with Crippen molar-refractivity contribution in [2.45, 2.75) is 13.0 Å². The number of carbonyl (C=O) groups is 3. The summed E-state index contributed by atoms with van der Waals surface area (Å²) >= 11 is 2.14. The Bertz CT molecular complexity index is 784. The quantitative estimate of drug-likeness (QED) is 0.614. The van der Waals surface area contributed by atoms with Gasteiger partial charge in [-0.3, -0.25) is 19.3 Å². The predicted molar refractivity (Wildman–Crippen MR) is 94.2 cm³/mol. The lowest BCUT2D eigenvalue weighted by molar-refractivity contribution is -0.119. The van der Waals surface area contributed by atoms with Crippen LogP contribution in [-0.4, -0.2) is 28.7 Å². The number of halogens is 1. The first kappa shape index (κ1) is 15.7. The zero-order valence-electron chi connectivity index (χ0n) is 12.2. The highest BCUT2D eigenvalue weighted by atomic mass is 127. The maximum Gasteiger partial charge on any atom is 0.262 e. The normalized spacial score (nSPS) is 14.6. The summed E-state index contributed by atoms with van der Waals surface area (Å²) in [6.45, 7) is 1.55. The average molecular weight is 420 g/mol. The van der Waals surface area contributed by atoms with E-state index in [2.05, 4.69) is 27.9 Å². The molecule has 3 rings (SSSR count). The lowest BCUT2D eigenvalue weighted by Gasteiger charge is -2.21. The summed E-state index contributed by atoms with van der Waals surface area (Å²) in [4.78, 5) is 38.2. The Morgan fingerprint density at radius 3 is 2.22 bits per heavy atom. The summed E-state index contributed by atoms with van der Waals surface area (Å²) in [5.74, 6) is -1.27. The van der Waals surface area contributed by atoms with Crippen molar-refractivity contribution in [3.63, 3.8) is 0 Å². The van der Waals surface area contributed by atoms with E-state index in [1.54, 1.807) is 37.3 Å². The van der Waals surface area contributed by atoms with Gasteiger partial charge < -0.3 is 5.32 Å². The molecule has 1 atom stereocenters. The minimum absolute atomic E-state index is 0.339. The number of hydrogen-bond acceptors (Lipinski definition) is 3. The summed E-state index contributed by atoms with van der Waals surface area (Å²) in [5.41, 5.74) is 1.31. The molecule has 1 aliphatic heterocycles. The van der Waals surface area contributed by atoms with Gasteiger partial charge in [-0.2, -0.15) is 0 Å². The highest BCUT2D eigenvalue weighted by Gasteiger charge is 2.40. The Morgan fingerprint density at radius 2 is 1.65 bits per heavy atom. The third-order valence-electron chi connectivity index (χ3n) is 3.68. The van der Waals surface area contributed by atoms with Gasteiger partial charge >= 0.3 is 0 Å². The molecule has 5 nitrogen and oxygen atoms in total. The van der Waals surface area contributed by atoms with Crippen LogP contribution in [0.15, 0.2) is 48.5 Å². The number of carbonyl (C=O) groups excluding carboxylic acids is 3. The Morgan fingerprint density at radius 1 is 1.04 bits per heavy atom. The van der Waals surface area contributed by atoms with Gasteiger partial charge in [0, 0.05) is 9.26 Å². The highest BCUT2D eigenvalue weighted by Crippen LogP contribution is 2.25. The number of fused-ring (bicyclic) bond motifs is 1. The van der Waals surface area contributed by atoms with Crippen molar-refractivity contribution in [1.29, 1.82) is 0 Å². The lowest BCUT2D eigenvalue weighted by Crippen LogP contribution is -2.45. The molecule has 0 saturated heterocycles. The monoisotopic (exact) mass is 420 g/mol. The number of rotatable bonds is 3. The van der Waals surface area contributed by atoms with Crippen LogP contribution in [0.5, 0.6) is 0 Å². The molecule has 2 aromatic carbocycles. The molecule has 6 heteroatoms. The number of benzene rings is 2. The topological polar surface area (TPSA) is 66.5 Å². The molecule has 0 bridgehead atoms. The predicted octanol–water partition coefficient (Wildman–Crippen LogP) is 2.91. The van der Waals surface area contributed by atoms with Gasteiger partial charge in [-0.25, -0.2) is 0 Å². The minimum atomic E-state index is -0.889.